The first-order valence-corrected chi connectivity index (χ1v) is 7.18. The van der Waals surface area contributed by atoms with Crippen molar-refractivity contribution in [3.05, 3.63) is 16.3 Å². The van der Waals surface area contributed by atoms with Crippen LogP contribution in [0, 0.1) is 19.8 Å². The molecule has 1 aromatic heterocycles. The van der Waals surface area contributed by atoms with Crippen LogP contribution in [0.15, 0.2) is 0 Å². The summed E-state index contributed by atoms with van der Waals surface area (Å²) >= 11 is 6.03. The minimum absolute atomic E-state index is 0.521. The van der Waals surface area contributed by atoms with Crippen molar-refractivity contribution in [2.45, 2.75) is 53.0 Å². The van der Waals surface area contributed by atoms with Crippen LogP contribution in [0.25, 0.3) is 0 Å². The Bertz CT molecular complexity index is 433. The maximum absolute atomic E-state index is 6.03. The number of rotatable bonds is 2. The summed E-state index contributed by atoms with van der Waals surface area (Å²) in [5.74, 6) is 1.79. The van der Waals surface area contributed by atoms with Crippen LogP contribution in [0.3, 0.4) is 0 Å². The second-order valence-electron chi connectivity index (χ2n) is 5.42. The molecule has 18 heavy (non-hydrogen) atoms. The third-order valence-electron chi connectivity index (χ3n) is 4.27. The Labute approximate surface area is 115 Å². The molecule has 0 bridgehead atoms. The third kappa shape index (κ3) is 2.46. The molecule has 1 saturated heterocycles. The molecule has 0 radical (unpaired) electrons. The van der Waals surface area contributed by atoms with Gasteiger partial charge >= 0.3 is 0 Å². The molecule has 4 heteroatoms. The van der Waals surface area contributed by atoms with Gasteiger partial charge in [0, 0.05) is 12.6 Å². The Balaban J connectivity index is 2.32. The fraction of sp³-hybridized carbons (Fsp3) is 0.714. The van der Waals surface area contributed by atoms with Crippen LogP contribution >= 0.6 is 11.6 Å². The van der Waals surface area contributed by atoms with E-state index in [0.29, 0.717) is 11.2 Å². The summed E-state index contributed by atoms with van der Waals surface area (Å²) in [5.41, 5.74) is 2.21. The van der Waals surface area contributed by atoms with Gasteiger partial charge in [0.05, 0.1) is 0 Å². The summed E-state index contributed by atoms with van der Waals surface area (Å²) in [4.78, 5) is 2.41. The molecule has 0 amide bonds. The summed E-state index contributed by atoms with van der Waals surface area (Å²) < 4.78 is 0. The molecule has 0 spiro atoms. The second kappa shape index (κ2) is 5.43. The Hall–Kier alpha value is -0.830. The monoisotopic (exact) mass is 267 g/mol. The van der Waals surface area contributed by atoms with Crippen LogP contribution in [0.1, 0.15) is 44.2 Å². The highest BCUT2D eigenvalue weighted by atomic mass is 35.5. The highest BCUT2D eigenvalue weighted by Crippen LogP contribution is 2.31. The van der Waals surface area contributed by atoms with Gasteiger partial charge in [-0.15, -0.1) is 10.2 Å². The van der Waals surface area contributed by atoms with Gasteiger partial charge < -0.3 is 4.90 Å². The van der Waals surface area contributed by atoms with E-state index in [1.165, 1.54) is 24.8 Å². The highest BCUT2D eigenvalue weighted by Gasteiger charge is 2.27. The molecule has 100 valence electrons. The van der Waals surface area contributed by atoms with Crippen molar-refractivity contribution in [3.63, 3.8) is 0 Å². The molecule has 3 nitrogen and oxygen atoms in total. The van der Waals surface area contributed by atoms with Crippen molar-refractivity contribution in [3.8, 4) is 0 Å². The van der Waals surface area contributed by atoms with Gasteiger partial charge in [-0.3, -0.25) is 0 Å². The minimum atomic E-state index is 0.521. The Morgan fingerprint density at radius 3 is 2.61 bits per heavy atom. The van der Waals surface area contributed by atoms with Gasteiger partial charge in [0.25, 0.3) is 0 Å². The van der Waals surface area contributed by atoms with Gasteiger partial charge in [-0.1, -0.05) is 24.9 Å². The topological polar surface area (TPSA) is 29.0 Å². The Morgan fingerprint density at radius 2 is 1.94 bits per heavy atom. The lowest BCUT2D eigenvalue weighted by atomic mass is 9.91. The first-order valence-electron chi connectivity index (χ1n) is 6.80. The molecular weight excluding hydrogens is 246 g/mol. The first-order chi connectivity index (χ1) is 8.54. The predicted molar refractivity (Wildman–Crippen MR) is 76.3 cm³/mol. The van der Waals surface area contributed by atoms with Crippen LogP contribution in [-0.4, -0.2) is 22.8 Å². The van der Waals surface area contributed by atoms with E-state index in [4.69, 9.17) is 11.6 Å². The van der Waals surface area contributed by atoms with E-state index in [1.54, 1.807) is 0 Å². The molecule has 2 atom stereocenters. The van der Waals surface area contributed by atoms with Gasteiger partial charge in [0.1, 0.15) is 0 Å². The molecule has 0 aliphatic carbocycles. The SMILES string of the molecule is CCC1CCC(C)N(c2nnc(Cl)c(C)c2C)C1. The lowest BCUT2D eigenvalue weighted by Crippen LogP contribution is -2.42. The average Bonchev–Trinajstić information content (AvgIpc) is 2.37. The van der Waals surface area contributed by atoms with Crippen LogP contribution in [0.5, 0.6) is 0 Å². The molecule has 1 fully saturated rings. The smallest absolute Gasteiger partial charge is 0.155 e. The summed E-state index contributed by atoms with van der Waals surface area (Å²) in [5, 5.41) is 8.92. The number of anilines is 1. The first kappa shape index (κ1) is 13.6. The van der Waals surface area contributed by atoms with E-state index in [2.05, 4.69) is 35.9 Å². The third-order valence-corrected chi connectivity index (χ3v) is 4.63. The van der Waals surface area contributed by atoms with E-state index < -0.39 is 0 Å². The fourth-order valence-corrected chi connectivity index (χ4v) is 2.83. The van der Waals surface area contributed by atoms with E-state index >= 15 is 0 Å². The summed E-state index contributed by atoms with van der Waals surface area (Å²) in [6, 6.07) is 0.543. The molecule has 2 rings (SSSR count). The van der Waals surface area contributed by atoms with E-state index in [-0.39, 0.29) is 0 Å². The summed E-state index contributed by atoms with van der Waals surface area (Å²) in [6.45, 7) is 9.74. The standard InChI is InChI=1S/C14H22ClN3/c1-5-12-7-6-9(2)18(8-12)14-11(4)10(3)13(15)16-17-14/h9,12H,5-8H2,1-4H3. The fourth-order valence-electron chi connectivity index (χ4n) is 2.65. The van der Waals surface area contributed by atoms with Gasteiger partial charge in [0.15, 0.2) is 11.0 Å². The van der Waals surface area contributed by atoms with E-state index in [1.807, 2.05) is 6.92 Å². The zero-order chi connectivity index (χ0) is 13.3. The quantitative estimate of drug-likeness (QED) is 0.817. The lowest BCUT2D eigenvalue weighted by molar-refractivity contribution is 0.356. The van der Waals surface area contributed by atoms with Gasteiger partial charge in [0.2, 0.25) is 0 Å². The van der Waals surface area contributed by atoms with Gasteiger partial charge in [-0.25, -0.2) is 0 Å². The lowest BCUT2D eigenvalue weighted by Gasteiger charge is -2.39. The molecule has 2 heterocycles. The number of piperidine rings is 1. The van der Waals surface area contributed by atoms with Crippen molar-refractivity contribution in [1.82, 2.24) is 10.2 Å². The summed E-state index contributed by atoms with van der Waals surface area (Å²) in [7, 11) is 0. The highest BCUT2D eigenvalue weighted by molar-refractivity contribution is 6.30. The molecule has 0 aromatic carbocycles. The van der Waals surface area contributed by atoms with Crippen LogP contribution < -0.4 is 4.90 Å². The zero-order valence-corrected chi connectivity index (χ0v) is 12.5. The van der Waals surface area contributed by atoms with Gasteiger partial charge in [-0.05, 0) is 50.7 Å². The number of nitrogens with zero attached hydrogens (tertiary/aromatic N) is 3. The van der Waals surface area contributed by atoms with Crippen molar-refractivity contribution in [1.29, 1.82) is 0 Å². The minimum Gasteiger partial charge on any atom is -0.352 e. The predicted octanol–water partition coefficient (Wildman–Crippen LogP) is 3.76. The summed E-state index contributed by atoms with van der Waals surface area (Å²) in [6.07, 6.45) is 3.80. The van der Waals surface area contributed by atoms with Crippen molar-refractivity contribution in [2.24, 2.45) is 5.92 Å². The molecule has 2 unspecified atom stereocenters. The number of hydrogen-bond acceptors (Lipinski definition) is 3. The molecular formula is C14H22ClN3. The largest absolute Gasteiger partial charge is 0.352 e. The Kier molecular flexibility index (Phi) is 4.10. The zero-order valence-electron chi connectivity index (χ0n) is 11.7. The molecule has 1 aromatic rings. The van der Waals surface area contributed by atoms with Crippen molar-refractivity contribution < 1.29 is 0 Å². The van der Waals surface area contributed by atoms with Crippen molar-refractivity contribution in [2.75, 3.05) is 11.4 Å². The van der Waals surface area contributed by atoms with E-state index in [0.717, 1.165) is 23.8 Å². The number of halogens is 1. The van der Waals surface area contributed by atoms with Gasteiger partial charge in [-0.2, -0.15) is 0 Å². The maximum Gasteiger partial charge on any atom is 0.155 e. The van der Waals surface area contributed by atoms with E-state index in [9.17, 15) is 0 Å². The maximum atomic E-state index is 6.03. The number of aromatic nitrogens is 2. The Morgan fingerprint density at radius 1 is 1.22 bits per heavy atom. The molecule has 1 aliphatic rings. The normalized spacial score (nSPS) is 24.4. The molecule has 0 N–H and O–H groups in total. The molecule has 1 aliphatic heterocycles. The average molecular weight is 268 g/mol. The van der Waals surface area contributed by atoms with Crippen LogP contribution in [0.2, 0.25) is 5.15 Å². The van der Waals surface area contributed by atoms with Crippen LogP contribution in [-0.2, 0) is 0 Å². The molecule has 0 saturated carbocycles. The number of hydrogen-bond donors (Lipinski definition) is 0. The van der Waals surface area contributed by atoms with Crippen molar-refractivity contribution >= 4 is 17.4 Å². The van der Waals surface area contributed by atoms with Crippen LogP contribution in [0.4, 0.5) is 5.82 Å². The second-order valence-corrected chi connectivity index (χ2v) is 5.78.